The van der Waals surface area contributed by atoms with Gasteiger partial charge in [0.1, 0.15) is 5.75 Å². The average Bonchev–Trinajstić information content (AvgIpc) is 2.48. The van der Waals surface area contributed by atoms with Crippen molar-refractivity contribution in [3.63, 3.8) is 0 Å². The van der Waals surface area contributed by atoms with Crippen LogP contribution >= 0.6 is 0 Å². The number of nitrogens with two attached hydrogens (primary N) is 1. The van der Waals surface area contributed by atoms with Gasteiger partial charge in [-0.1, -0.05) is 30.3 Å². The molecule has 0 saturated heterocycles. The molecule has 0 aliphatic carbocycles. The molecule has 0 aromatic heterocycles. The molecule has 21 heavy (non-hydrogen) atoms. The summed E-state index contributed by atoms with van der Waals surface area (Å²) in [5, 5.41) is 0. The Hall–Kier alpha value is -1.80. The average molecular weight is 283 g/mol. The van der Waals surface area contributed by atoms with Crippen LogP contribution in [-0.2, 0) is 6.42 Å². The summed E-state index contributed by atoms with van der Waals surface area (Å²) in [6.45, 7) is 6.97. The van der Waals surface area contributed by atoms with E-state index in [-0.39, 0.29) is 6.04 Å². The van der Waals surface area contributed by atoms with E-state index in [0.29, 0.717) is 6.61 Å². The highest BCUT2D eigenvalue weighted by Gasteiger charge is 2.08. The minimum Gasteiger partial charge on any atom is -0.494 e. The topological polar surface area (TPSA) is 35.2 Å². The summed E-state index contributed by atoms with van der Waals surface area (Å²) in [5.74, 6) is 0.940. The number of ether oxygens (including phenoxy) is 1. The van der Waals surface area contributed by atoms with E-state index in [4.69, 9.17) is 10.5 Å². The molecule has 0 bridgehead atoms. The Labute approximate surface area is 127 Å². The van der Waals surface area contributed by atoms with E-state index >= 15 is 0 Å². The number of hydrogen-bond acceptors (Lipinski definition) is 2. The summed E-state index contributed by atoms with van der Waals surface area (Å²) in [6.07, 6.45) is 1.91. The highest BCUT2D eigenvalue weighted by atomic mass is 16.5. The first kappa shape index (κ1) is 15.6. The zero-order valence-electron chi connectivity index (χ0n) is 13.2. The van der Waals surface area contributed by atoms with Crippen molar-refractivity contribution < 1.29 is 4.74 Å². The Morgan fingerprint density at radius 1 is 1.05 bits per heavy atom. The maximum atomic E-state index is 6.33. The van der Waals surface area contributed by atoms with Crippen LogP contribution in [-0.4, -0.2) is 6.61 Å². The van der Waals surface area contributed by atoms with Crippen molar-refractivity contribution in [2.45, 2.75) is 39.7 Å². The summed E-state index contributed by atoms with van der Waals surface area (Å²) in [4.78, 5) is 0. The second kappa shape index (κ2) is 7.28. The smallest absolute Gasteiger partial charge is 0.119 e. The SMILES string of the molecule is CCOc1cccc(CCC(N)c2ccc(C)c(C)c2)c1. The molecule has 2 nitrogen and oxygen atoms in total. The van der Waals surface area contributed by atoms with Crippen LogP contribution < -0.4 is 10.5 Å². The quantitative estimate of drug-likeness (QED) is 0.856. The predicted octanol–water partition coefficient (Wildman–Crippen LogP) is 4.33. The Kier molecular flexibility index (Phi) is 5.40. The normalized spacial score (nSPS) is 12.2. The molecule has 0 radical (unpaired) electrons. The predicted molar refractivity (Wildman–Crippen MR) is 88.8 cm³/mol. The molecule has 112 valence electrons. The summed E-state index contributed by atoms with van der Waals surface area (Å²) >= 11 is 0. The van der Waals surface area contributed by atoms with Crippen LogP contribution in [0.25, 0.3) is 0 Å². The third-order valence-electron chi connectivity index (χ3n) is 3.91. The molecule has 2 heteroatoms. The van der Waals surface area contributed by atoms with E-state index in [1.165, 1.54) is 22.3 Å². The Morgan fingerprint density at radius 2 is 1.86 bits per heavy atom. The lowest BCUT2D eigenvalue weighted by Gasteiger charge is -2.14. The number of aryl methyl sites for hydroxylation is 3. The van der Waals surface area contributed by atoms with Gasteiger partial charge in [-0.05, 0) is 68.0 Å². The van der Waals surface area contributed by atoms with Crippen LogP contribution in [0.1, 0.15) is 41.6 Å². The van der Waals surface area contributed by atoms with Crippen molar-refractivity contribution in [3.05, 3.63) is 64.7 Å². The first-order valence-electron chi connectivity index (χ1n) is 7.64. The van der Waals surface area contributed by atoms with Crippen LogP contribution in [0, 0.1) is 13.8 Å². The molecule has 0 amide bonds. The highest BCUT2D eigenvalue weighted by molar-refractivity contribution is 5.32. The maximum Gasteiger partial charge on any atom is 0.119 e. The van der Waals surface area contributed by atoms with Crippen molar-refractivity contribution in [1.82, 2.24) is 0 Å². The highest BCUT2D eigenvalue weighted by Crippen LogP contribution is 2.21. The molecule has 2 rings (SSSR count). The third kappa shape index (κ3) is 4.33. The van der Waals surface area contributed by atoms with Gasteiger partial charge in [-0.15, -0.1) is 0 Å². The molecule has 2 aromatic carbocycles. The molecule has 0 aliphatic heterocycles. The number of rotatable bonds is 6. The molecule has 1 unspecified atom stereocenters. The van der Waals surface area contributed by atoms with Gasteiger partial charge < -0.3 is 10.5 Å². The van der Waals surface area contributed by atoms with Crippen molar-refractivity contribution in [3.8, 4) is 5.75 Å². The Morgan fingerprint density at radius 3 is 2.57 bits per heavy atom. The fourth-order valence-corrected chi connectivity index (χ4v) is 2.44. The molecule has 0 saturated carbocycles. The minimum atomic E-state index is 0.0834. The van der Waals surface area contributed by atoms with Gasteiger partial charge in [-0.2, -0.15) is 0 Å². The van der Waals surface area contributed by atoms with E-state index < -0.39 is 0 Å². The van der Waals surface area contributed by atoms with Gasteiger partial charge >= 0.3 is 0 Å². The van der Waals surface area contributed by atoms with Crippen molar-refractivity contribution in [2.75, 3.05) is 6.61 Å². The standard InChI is InChI=1S/C19H25NO/c1-4-21-18-7-5-6-16(13-18)9-11-19(20)17-10-8-14(2)15(3)12-17/h5-8,10,12-13,19H,4,9,11,20H2,1-3H3. The van der Waals surface area contributed by atoms with Crippen LogP contribution in [0.3, 0.4) is 0 Å². The molecule has 2 aromatic rings. The fraction of sp³-hybridized carbons (Fsp3) is 0.368. The van der Waals surface area contributed by atoms with E-state index in [2.05, 4.69) is 44.2 Å². The lowest BCUT2D eigenvalue weighted by Crippen LogP contribution is -2.11. The molecule has 0 heterocycles. The van der Waals surface area contributed by atoms with Gasteiger partial charge in [0.05, 0.1) is 6.61 Å². The first-order chi connectivity index (χ1) is 10.1. The summed E-state index contributed by atoms with van der Waals surface area (Å²) in [5.41, 5.74) is 11.4. The van der Waals surface area contributed by atoms with E-state index in [9.17, 15) is 0 Å². The van der Waals surface area contributed by atoms with Crippen molar-refractivity contribution in [1.29, 1.82) is 0 Å². The second-order valence-corrected chi connectivity index (χ2v) is 5.57. The monoisotopic (exact) mass is 283 g/mol. The van der Waals surface area contributed by atoms with Crippen LogP contribution in [0.5, 0.6) is 5.75 Å². The Balaban J connectivity index is 1.98. The number of hydrogen-bond donors (Lipinski definition) is 1. The lowest BCUT2D eigenvalue weighted by atomic mass is 9.97. The van der Waals surface area contributed by atoms with Gasteiger partial charge in [0, 0.05) is 6.04 Å². The zero-order chi connectivity index (χ0) is 15.2. The molecule has 0 aliphatic rings. The van der Waals surface area contributed by atoms with E-state index in [1.807, 2.05) is 19.1 Å². The van der Waals surface area contributed by atoms with E-state index in [1.54, 1.807) is 0 Å². The minimum absolute atomic E-state index is 0.0834. The first-order valence-corrected chi connectivity index (χ1v) is 7.64. The van der Waals surface area contributed by atoms with Crippen molar-refractivity contribution in [2.24, 2.45) is 5.73 Å². The van der Waals surface area contributed by atoms with Gasteiger partial charge in [0.15, 0.2) is 0 Å². The maximum absolute atomic E-state index is 6.33. The fourth-order valence-electron chi connectivity index (χ4n) is 2.44. The van der Waals surface area contributed by atoms with Crippen LogP contribution in [0.2, 0.25) is 0 Å². The molecular formula is C19H25NO. The van der Waals surface area contributed by atoms with Crippen LogP contribution in [0.15, 0.2) is 42.5 Å². The van der Waals surface area contributed by atoms with Crippen molar-refractivity contribution >= 4 is 0 Å². The largest absolute Gasteiger partial charge is 0.494 e. The van der Waals surface area contributed by atoms with E-state index in [0.717, 1.165) is 18.6 Å². The summed E-state index contributed by atoms with van der Waals surface area (Å²) in [7, 11) is 0. The van der Waals surface area contributed by atoms with Gasteiger partial charge in [0.25, 0.3) is 0 Å². The molecule has 2 N–H and O–H groups in total. The molecule has 1 atom stereocenters. The van der Waals surface area contributed by atoms with Crippen LogP contribution in [0.4, 0.5) is 0 Å². The molecule has 0 spiro atoms. The number of benzene rings is 2. The van der Waals surface area contributed by atoms with Gasteiger partial charge in [-0.3, -0.25) is 0 Å². The molecule has 0 fully saturated rings. The third-order valence-corrected chi connectivity index (χ3v) is 3.91. The Bertz CT molecular complexity index is 592. The van der Waals surface area contributed by atoms with Gasteiger partial charge in [-0.25, -0.2) is 0 Å². The molecular weight excluding hydrogens is 258 g/mol. The second-order valence-electron chi connectivity index (χ2n) is 5.57. The zero-order valence-corrected chi connectivity index (χ0v) is 13.2. The van der Waals surface area contributed by atoms with Gasteiger partial charge in [0.2, 0.25) is 0 Å². The lowest BCUT2D eigenvalue weighted by molar-refractivity contribution is 0.340. The summed E-state index contributed by atoms with van der Waals surface area (Å²) < 4.78 is 5.54. The summed E-state index contributed by atoms with van der Waals surface area (Å²) in [6, 6.07) is 14.9.